The van der Waals surface area contributed by atoms with E-state index in [-0.39, 0.29) is 5.91 Å². The maximum atomic E-state index is 11.9. The summed E-state index contributed by atoms with van der Waals surface area (Å²) in [5.41, 5.74) is 7.37. The van der Waals surface area contributed by atoms with E-state index in [1.54, 1.807) is 29.5 Å². The number of benzene rings is 1. The summed E-state index contributed by atoms with van der Waals surface area (Å²) in [6, 6.07) is 4.81. The topological polar surface area (TPSA) is 68.0 Å². The maximum Gasteiger partial charge on any atom is 0.253 e. The van der Waals surface area contributed by atoms with Crippen LogP contribution in [0.25, 0.3) is 0 Å². The summed E-state index contributed by atoms with van der Waals surface area (Å²) in [5.74, 6) is -0.227. The van der Waals surface area contributed by atoms with E-state index in [4.69, 9.17) is 17.3 Å². The summed E-state index contributed by atoms with van der Waals surface area (Å²) in [4.78, 5) is 16.2. The molecule has 0 radical (unpaired) electrons. The lowest BCUT2D eigenvalue weighted by Crippen LogP contribution is -2.23. The normalized spacial score (nSPS) is 10.3. The Balaban J connectivity index is 2.03. The van der Waals surface area contributed by atoms with Gasteiger partial charge in [-0.3, -0.25) is 4.79 Å². The maximum absolute atomic E-state index is 11.9. The molecule has 94 valence electrons. The number of aryl methyl sites for hydroxylation is 1. The van der Waals surface area contributed by atoms with Gasteiger partial charge in [-0.2, -0.15) is 0 Å². The molecule has 1 amide bonds. The van der Waals surface area contributed by atoms with Crippen molar-refractivity contribution in [2.24, 2.45) is 0 Å². The van der Waals surface area contributed by atoms with Gasteiger partial charge in [0.2, 0.25) is 0 Å². The van der Waals surface area contributed by atoms with Crippen molar-refractivity contribution in [3.8, 4) is 0 Å². The second-order valence-corrected chi connectivity index (χ2v) is 5.27. The smallest absolute Gasteiger partial charge is 0.253 e. The summed E-state index contributed by atoms with van der Waals surface area (Å²) < 4.78 is 0. The van der Waals surface area contributed by atoms with Crippen molar-refractivity contribution in [3.63, 3.8) is 0 Å². The Labute approximate surface area is 114 Å². The average molecular weight is 282 g/mol. The first-order valence-corrected chi connectivity index (χ1v) is 6.56. The number of hydrogen-bond donors (Lipinski definition) is 2. The van der Waals surface area contributed by atoms with E-state index in [0.717, 1.165) is 10.7 Å². The van der Waals surface area contributed by atoms with Crippen LogP contribution in [0.1, 0.15) is 21.1 Å². The first-order valence-electron chi connectivity index (χ1n) is 5.30. The van der Waals surface area contributed by atoms with Gasteiger partial charge in [0, 0.05) is 16.1 Å². The van der Waals surface area contributed by atoms with Crippen molar-refractivity contribution >= 4 is 34.5 Å². The number of thiazole rings is 1. The second-order valence-electron chi connectivity index (χ2n) is 3.77. The molecule has 0 fully saturated rings. The molecule has 4 nitrogen and oxygen atoms in total. The Hall–Kier alpha value is -1.59. The number of carbonyl (C=O) groups excluding carboxylic acids is 1. The largest absolute Gasteiger partial charge is 0.398 e. The van der Waals surface area contributed by atoms with Crippen LogP contribution >= 0.6 is 22.9 Å². The zero-order chi connectivity index (χ0) is 13.1. The van der Waals surface area contributed by atoms with Gasteiger partial charge in [-0.1, -0.05) is 11.6 Å². The predicted octanol–water partition coefficient (Wildman–Crippen LogP) is 2.62. The molecule has 1 aromatic heterocycles. The molecule has 6 heteroatoms. The van der Waals surface area contributed by atoms with Crippen LogP contribution in [0, 0.1) is 6.92 Å². The molecule has 18 heavy (non-hydrogen) atoms. The van der Waals surface area contributed by atoms with Gasteiger partial charge in [-0.25, -0.2) is 4.98 Å². The van der Waals surface area contributed by atoms with Crippen LogP contribution in [-0.4, -0.2) is 10.9 Å². The average Bonchev–Trinajstić information content (AvgIpc) is 2.72. The number of carbonyl (C=O) groups is 1. The molecule has 0 aliphatic rings. The van der Waals surface area contributed by atoms with Crippen molar-refractivity contribution in [3.05, 3.63) is 44.9 Å². The summed E-state index contributed by atoms with van der Waals surface area (Å²) in [5, 5.41) is 6.18. The first kappa shape index (κ1) is 12.9. The molecule has 0 aliphatic carbocycles. The van der Waals surface area contributed by atoms with Gasteiger partial charge in [0.25, 0.3) is 5.91 Å². The van der Waals surface area contributed by atoms with Crippen molar-refractivity contribution in [1.29, 1.82) is 0 Å². The highest BCUT2D eigenvalue weighted by Gasteiger charge is 2.10. The van der Waals surface area contributed by atoms with Crippen molar-refractivity contribution in [1.82, 2.24) is 10.3 Å². The van der Waals surface area contributed by atoms with Gasteiger partial charge in [0.05, 0.1) is 22.8 Å². The summed E-state index contributed by atoms with van der Waals surface area (Å²) >= 11 is 7.33. The van der Waals surface area contributed by atoms with Gasteiger partial charge >= 0.3 is 0 Å². The first-order chi connectivity index (χ1) is 8.56. The fraction of sp³-hybridized carbons (Fsp3) is 0.167. The lowest BCUT2D eigenvalue weighted by atomic mass is 10.1. The van der Waals surface area contributed by atoms with E-state index in [0.29, 0.717) is 22.8 Å². The third kappa shape index (κ3) is 3.00. The molecular formula is C12H12ClN3OS. The van der Waals surface area contributed by atoms with E-state index in [2.05, 4.69) is 10.3 Å². The molecule has 1 heterocycles. The molecule has 0 unspecified atom stereocenters. The Morgan fingerprint density at radius 3 is 2.94 bits per heavy atom. The molecule has 0 saturated carbocycles. The molecule has 2 aromatic rings. The van der Waals surface area contributed by atoms with E-state index >= 15 is 0 Å². The molecule has 0 bridgehead atoms. The lowest BCUT2D eigenvalue weighted by molar-refractivity contribution is 0.0951. The third-order valence-corrected chi connectivity index (χ3v) is 3.41. The molecule has 0 aliphatic heterocycles. The molecule has 0 spiro atoms. The van der Waals surface area contributed by atoms with Crippen molar-refractivity contribution < 1.29 is 4.79 Å². The quantitative estimate of drug-likeness (QED) is 0.850. The third-order valence-electron chi connectivity index (χ3n) is 2.35. The number of amides is 1. The molecule has 3 N–H and O–H groups in total. The number of hydrogen-bond acceptors (Lipinski definition) is 4. The van der Waals surface area contributed by atoms with Crippen molar-refractivity contribution in [2.45, 2.75) is 13.5 Å². The fourth-order valence-electron chi connectivity index (χ4n) is 1.50. The highest BCUT2D eigenvalue weighted by atomic mass is 35.5. The second kappa shape index (κ2) is 5.37. The molecule has 1 aromatic carbocycles. The highest BCUT2D eigenvalue weighted by Crippen LogP contribution is 2.18. The minimum atomic E-state index is -0.227. The van der Waals surface area contributed by atoms with E-state index in [1.165, 1.54) is 0 Å². The monoisotopic (exact) mass is 281 g/mol. The van der Waals surface area contributed by atoms with Gasteiger partial charge in [0.15, 0.2) is 0 Å². The Morgan fingerprint density at radius 1 is 1.56 bits per heavy atom. The number of nitrogens with zero attached hydrogens (tertiary/aromatic N) is 1. The number of rotatable bonds is 3. The number of nitrogen functional groups attached to an aromatic ring is 1. The molecule has 0 saturated heterocycles. The number of halogens is 1. The molecule has 0 atom stereocenters. The standard InChI is InChI=1S/C12H12ClN3OS/c1-7-16-9(6-18-7)5-15-12(17)10-3-2-8(13)4-11(10)14/h2-4,6H,5,14H2,1H3,(H,15,17). The van der Waals surface area contributed by atoms with E-state index in [1.807, 2.05) is 12.3 Å². The van der Waals surface area contributed by atoms with Crippen LogP contribution in [0.4, 0.5) is 5.69 Å². The van der Waals surface area contributed by atoms with Gasteiger partial charge < -0.3 is 11.1 Å². The van der Waals surface area contributed by atoms with Crippen LogP contribution in [0.2, 0.25) is 5.02 Å². The number of anilines is 1. The van der Waals surface area contributed by atoms with Gasteiger partial charge in [-0.15, -0.1) is 11.3 Å². The van der Waals surface area contributed by atoms with Gasteiger partial charge in [-0.05, 0) is 25.1 Å². The van der Waals surface area contributed by atoms with Crippen molar-refractivity contribution in [2.75, 3.05) is 5.73 Å². The number of aromatic nitrogens is 1. The Morgan fingerprint density at radius 2 is 2.33 bits per heavy atom. The Bertz CT molecular complexity index is 582. The summed E-state index contributed by atoms with van der Waals surface area (Å²) in [6.07, 6.45) is 0. The molecular weight excluding hydrogens is 270 g/mol. The predicted molar refractivity (Wildman–Crippen MR) is 73.9 cm³/mol. The number of nitrogens with two attached hydrogens (primary N) is 1. The van der Waals surface area contributed by atoms with Crippen LogP contribution in [0.3, 0.4) is 0 Å². The Kier molecular flexibility index (Phi) is 3.84. The lowest BCUT2D eigenvalue weighted by Gasteiger charge is -2.06. The summed E-state index contributed by atoms with van der Waals surface area (Å²) in [6.45, 7) is 2.32. The zero-order valence-electron chi connectivity index (χ0n) is 9.74. The minimum Gasteiger partial charge on any atom is -0.398 e. The van der Waals surface area contributed by atoms with Gasteiger partial charge in [0.1, 0.15) is 0 Å². The highest BCUT2D eigenvalue weighted by molar-refractivity contribution is 7.09. The van der Waals surface area contributed by atoms with Crippen LogP contribution < -0.4 is 11.1 Å². The van der Waals surface area contributed by atoms with E-state index in [9.17, 15) is 4.79 Å². The zero-order valence-corrected chi connectivity index (χ0v) is 11.3. The summed E-state index contributed by atoms with van der Waals surface area (Å²) in [7, 11) is 0. The van der Waals surface area contributed by atoms with Crippen LogP contribution in [0.5, 0.6) is 0 Å². The SMILES string of the molecule is Cc1nc(CNC(=O)c2ccc(Cl)cc2N)cs1. The minimum absolute atomic E-state index is 0.227. The van der Waals surface area contributed by atoms with E-state index < -0.39 is 0 Å². The number of nitrogens with one attached hydrogen (secondary N) is 1. The van der Waals surface area contributed by atoms with Crippen LogP contribution in [0.15, 0.2) is 23.6 Å². The molecule has 2 rings (SSSR count). The van der Waals surface area contributed by atoms with Crippen LogP contribution in [-0.2, 0) is 6.54 Å². The fourth-order valence-corrected chi connectivity index (χ4v) is 2.29.